The lowest BCUT2D eigenvalue weighted by molar-refractivity contribution is 0.0920. The van der Waals surface area contributed by atoms with Gasteiger partial charge in [0, 0.05) is 19.3 Å². The van der Waals surface area contributed by atoms with Gasteiger partial charge in [-0.1, -0.05) is 26.8 Å². The molecule has 0 spiro atoms. The third kappa shape index (κ3) is 2.73. The predicted octanol–water partition coefficient (Wildman–Crippen LogP) is 2.99. The van der Waals surface area contributed by atoms with Crippen molar-refractivity contribution in [2.45, 2.75) is 33.4 Å². The van der Waals surface area contributed by atoms with Gasteiger partial charge in [-0.25, -0.2) is 4.79 Å². The van der Waals surface area contributed by atoms with E-state index < -0.39 is 6.10 Å². The van der Waals surface area contributed by atoms with Gasteiger partial charge in [0.1, 0.15) is 0 Å². The van der Waals surface area contributed by atoms with Crippen molar-refractivity contribution in [2.75, 3.05) is 12.4 Å². The first-order chi connectivity index (χ1) is 8.90. The van der Waals surface area contributed by atoms with E-state index in [1.165, 1.54) is 0 Å². The van der Waals surface area contributed by atoms with Crippen molar-refractivity contribution in [2.24, 2.45) is 11.8 Å². The fourth-order valence-corrected chi connectivity index (χ4v) is 2.26. The number of nitrogens with one attached hydrogen (secondary N) is 1. The number of urea groups is 1. The van der Waals surface area contributed by atoms with Crippen LogP contribution in [0.1, 0.15) is 38.0 Å². The molecule has 19 heavy (non-hydrogen) atoms. The van der Waals surface area contributed by atoms with E-state index in [1.807, 2.05) is 18.2 Å². The number of aliphatic hydroxyl groups is 1. The molecule has 4 heteroatoms. The first kappa shape index (κ1) is 13.9. The third-order valence-corrected chi connectivity index (χ3v) is 4.02. The topological polar surface area (TPSA) is 52.6 Å². The van der Waals surface area contributed by atoms with Crippen LogP contribution in [0.5, 0.6) is 0 Å². The van der Waals surface area contributed by atoms with Gasteiger partial charge in [-0.3, -0.25) is 0 Å². The maximum atomic E-state index is 11.5. The summed E-state index contributed by atoms with van der Waals surface area (Å²) in [6.45, 7) is 6.86. The number of fused-ring (bicyclic) bond motifs is 1. The quantitative estimate of drug-likeness (QED) is 0.879. The van der Waals surface area contributed by atoms with Crippen LogP contribution in [0.2, 0.25) is 0 Å². The summed E-state index contributed by atoms with van der Waals surface area (Å²) >= 11 is 0. The standard InChI is InChI=1S/C15H22N2O2/c1-9(2)10(3)14(18)11-5-6-13-12(7-11)8-17(4)15(19)16-13/h5-7,9-10,14,18H,8H2,1-4H3,(H,16,19). The first-order valence-corrected chi connectivity index (χ1v) is 6.73. The summed E-state index contributed by atoms with van der Waals surface area (Å²) in [6.07, 6.45) is -0.465. The van der Waals surface area contributed by atoms with Gasteiger partial charge >= 0.3 is 6.03 Å². The summed E-state index contributed by atoms with van der Waals surface area (Å²) < 4.78 is 0. The first-order valence-electron chi connectivity index (χ1n) is 6.73. The minimum Gasteiger partial charge on any atom is -0.388 e. The number of hydrogen-bond donors (Lipinski definition) is 2. The number of hydrogen-bond acceptors (Lipinski definition) is 2. The molecule has 1 aromatic rings. The van der Waals surface area contributed by atoms with Gasteiger partial charge in [0.2, 0.25) is 0 Å². The van der Waals surface area contributed by atoms with Gasteiger partial charge in [-0.05, 0) is 35.1 Å². The molecule has 1 aliphatic heterocycles. The maximum Gasteiger partial charge on any atom is 0.321 e. The molecule has 104 valence electrons. The SMILES string of the molecule is CC(C)C(C)C(O)c1ccc2c(c1)CN(C)C(=O)N2. The molecule has 0 saturated heterocycles. The molecule has 0 aliphatic carbocycles. The lowest BCUT2D eigenvalue weighted by atomic mass is 9.87. The summed E-state index contributed by atoms with van der Waals surface area (Å²) in [5, 5.41) is 13.2. The Hall–Kier alpha value is -1.55. The van der Waals surface area contributed by atoms with Crippen molar-refractivity contribution < 1.29 is 9.90 Å². The Morgan fingerprint density at radius 3 is 2.63 bits per heavy atom. The highest BCUT2D eigenvalue weighted by Gasteiger charge is 2.23. The van der Waals surface area contributed by atoms with E-state index in [2.05, 4.69) is 26.1 Å². The van der Waals surface area contributed by atoms with Gasteiger partial charge in [-0.15, -0.1) is 0 Å². The van der Waals surface area contributed by atoms with Crippen LogP contribution >= 0.6 is 0 Å². The second-order valence-electron chi connectivity index (χ2n) is 5.75. The highest BCUT2D eigenvalue weighted by Crippen LogP contribution is 2.31. The second-order valence-corrected chi connectivity index (χ2v) is 5.75. The summed E-state index contributed by atoms with van der Waals surface area (Å²) in [5.74, 6) is 0.627. The second kappa shape index (κ2) is 5.21. The zero-order chi connectivity index (χ0) is 14.2. The minimum absolute atomic E-state index is 0.0867. The zero-order valence-corrected chi connectivity index (χ0v) is 12.0. The van der Waals surface area contributed by atoms with E-state index in [1.54, 1.807) is 11.9 Å². The summed E-state index contributed by atoms with van der Waals surface area (Å²) in [4.78, 5) is 13.2. The number of aliphatic hydroxyl groups excluding tert-OH is 1. The smallest absolute Gasteiger partial charge is 0.321 e. The largest absolute Gasteiger partial charge is 0.388 e. The number of benzene rings is 1. The Morgan fingerprint density at radius 1 is 1.32 bits per heavy atom. The average Bonchev–Trinajstić information content (AvgIpc) is 2.37. The van der Waals surface area contributed by atoms with Gasteiger partial charge in [0.05, 0.1) is 6.10 Å². The van der Waals surface area contributed by atoms with Crippen LogP contribution in [0.15, 0.2) is 18.2 Å². The van der Waals surface area contributed by atoms with Crippen molar-refractivity contribution in [3.8, 4) is 0 Å². The number of carbonyl (C=O) groups is 1. The number of anilines is 1. The molecule has 0 bridgehead atoms. The van der Waals surface area contributed by atoms with Crippen molar-refractivity contribution in [1.29, 1.82) is 0 Å². The molecule has 0 aromatic heterocycles. The molecular weight excluding hydrogens is 240 g/mol. The molecule has 1 heterocycles. The van der Waals surface area contributed by atoms with Gasteiger partial charge in [-0.2, -0.15) is 0 Å². The summed E-state index contributed by atoms with van der Waals surface area (Å²) in [6, 6.07) is 5.69. The number of nitrogens with zero attached hydrogens (tertiary/aromatic N) is 1. The Balaban J connectivity index is 2.26. The zero-order valence-electron chi connectivity index (χ0n) is 12.0. The number of carbonyl (C=O) groups excluding carboxylic acids is 1. The molecular formula is C15H22N2O2. The molecule has 2 rings (SSSR count). The Kier molecular flexibility index (Phi) is 3.80. The average molecular weight is 262 g/mol. The molecule has 4 nitrogen and oxygen atoms in total. The molecule has 2 unspecified atom stereocenters. The van der Waals surface area contributed by atoms with E-state index in [0.717, 1.165) is 16.8 Å². The normalized spacial score (nSPS) is 18.0. The molecule has 2 atom stereocenters. The van der Waals surface area contributed by atoms with E-state index in [0.29, 0.717) is 12.5 Å². The maximum absolute atomic E-state index is 11.5. The Morgan fingerprint density at radius 2 is 2.00 bits per heavy atom. The van der Waals surface area contributed by atoms with Crippen molar-refractivity contribution >= 4 is 11.7 Å². The summed E-state index contributed by atoms with van der Waals surface area (Å²) in [7, 11) is 1.76. The minimum atomic E-state index is -0.465. The van der Waals surface area contributed by atoms with E-state index in [9.17, 15) is 9.90 Å². The lowest BCUT2D eigenvalue weighted by Crippen LogP contribution is -2.35. The van der Waals surface area contributed by atoms with E-state index in [4.69, 9.17) is 0 Å². The molecule has 1 aliphatic rings. The Labute approximate surface area is 114 Å². The molecule has 0 fully saturated rings. The van der Waals surface area contributed by atoms with Crippen LogP contribution in [-0.4, -0.2) is 23.1 Å². The van der Waals surface area contributed by atoms with Crippen LogP contribution in [-0.2, 0) is 6.54 Å². The van der Waals surface area contributed by atoms with Crippen molar-refractivity contribution in [3.05, 3.63) is 29.3 Å². The molecule has 0 saturated carbocycles. The van der Waals surface area contributed by atoms with Crippen molar-refractivity contribution in [1.82, 2.24) is 4.90 Å². The number of amides is 2. The predicted molar refractivity (Wildman–Crippen MR) is 75.9 cm³/mol. The van der Waals surface area contributed by atoms with Gasteiger partial charge in [0.25, 0.3) is 0 Å². The van der Waals surface area contributed by atoms with E-state index in [-0.39, 0.29) is 11.9 Å². The molecule has 2 amide bonds. The van der Waals surface area contributed by atoms with Crippen LogP contribution in [0.3, 0.4) is 0 Å². The molecule has 2 N–H and O–H groups in total. The van der Waals surface area contributed by atoms with Crippen molar-refractivity contribution in [3.63, 3.8) is 0 Å². The fraction of sp³-hybridized carbons (Fsp3) is 0.533. The summed E-state index contributed by atoms with van der Waals surface area (Å²) in [5.41, 5.74) is 2.82. The third-order valence-electron chi connectivity index (χ3n) is 4.02. The number of rotatable bonds is 3. The Bertz CT molecular complexity index is 485. The highest BCUT2D eigenvalue weighted by molar-refractivity contribution is 5.92. The van der Waals surface area contributed by atoms with Gasteiger partial charge in [0.15, 0.2) is 0 Å². The van der Waals surface area contributed by atoms with Gasteiger partial charge < -0.3 is 15.3 Å². The van der Waals surface area contributed by atoms with Crippen LogP contribution in [0, 0.1) is 11.8 Å². The van der Waals surface area contributed by atoms with Crippen LogP contribution < -0.4 is 5.32 Å². The van der Waals surface area contributed by atoms with Crippen LogP contribution in [0.25, 0.3) is 0 Å². The molecule has 1 aromatic carbocycles. The van der Waals surface area contributed by atoms with E-state index >= 15 is 0 Å². The fourth-order valence-electron chi connectivity index (χ4n) is 2.26. The molecule has 0 radical (unpaired) electrons. The monoisotopic (exact) mass is 262 g/mol. The van der Waals surface area contributed by atoms with Crippen LogP contribution in [0.4, 0.5) is 10.5 Å². The highest BCUT2D eigenvalue weighted by atomic mass is 16.3. The lowest BCUT2D eigenvalue weighted by Gasteiger charge is -2.28.